The lowest BCUT2D eigenvalue weighted by Gasteiger charge is -2.11. The van der Waals surface area contributed by atoms with Crippen molar-refractivity contribution in [2.45, 2.75) is 58.8 Å². The number of rotatable bonds is 11. The lowest BCUT2D eigenvalue weighted by Crippen LogP contribution is -2.17. The molecule has 0 radical (unpaired) electrons. The summed E-state index contributed by atoms with van der Waals surface area (Å²) in [5.41, 5.74) is 0.335. The van der Waals surface area contributed by atoms with Gasteiger partial charge in [-0.05, 0) is 55.0 Å². The molecule has 2 rings (SSSR count). The Bertz CT molecular complexity index is 765. The minimum absolute atomic E-state index is 0.0819. The molecule has 0 unspecified atom stereocenters. The first-order valence-corrected chi connectivity index (χ1v) is 10.3. The first kappa shape index (κ1) is 22.5. The van der Waals surface area contributed by atoms with E-state index in [-0.39, 0.29) is 17.6 Å². The molecule has 5 nitrogen and oxygen atoms in total. The van der Waals surface area contributed by atoms with Gasteiger partial charge in [0.15, 0.2) is 0 Å². The molecule has 0 bridgehead atoms. The first-order valence-electron chi connectivity index (χ1n) is 10.3. The van der Waals surface area contributed by atoms with E-state index in [1.807, 2.05) is 6.92 Å². The largest absolute Gasteiger partial charge is 0.508 e. The summed E-state index contributed by atoms with van der Waals surface area (Å²) in [6.07, 6.45) is 8.01. The predicted molar refractivity (Wildman–Crippen MR) is 112 cm³/mol. The summed E-state index contributed by atoms with van der Waals surface area (Å²) in [4.78, 5) is 24.3. The van der Waals surface area contributed by atoms with Crippen LogP contribution in [0.3, 0.4) is 0 Å². The van der Waals surface area contributed by atoms with Crippen LogP contribution in [0.15, 0.2) is 48.5 Å². The van der Waals surface area contributed by atoms with Crippen molar-refractivity contribution in [1.82, 2.24) is 0 Å². The van der Waals surface area contributed by atoms with E-state index >= 15 is 0 Å². The van der Waals surface area contributed by atoms with Gasteiger partial charge in [-0.25, -0.2) is 4.79 Å². The number of hydrogen-bond acceptors (Lipinski definition) is 5. The van der Waals surface area contributed by atoms with E-state index in [0.29, 0.717) is 17.1 Å². The summed E-state index contributed by atoms with van der Waals surface area (Å²) in [7, 11) is 0. The number of carbonyl (C=O) groups excluding carboxylic acids is 2. The molecule has 0 spiro atoms. The molecule has 0 heterocycles. The second-order valence-corrected chi connectivity index (χ2v) is 7.29. The van der Waals surface area contributed by atoms with Crippen LogP contribution in [0.4, 0.5) is 0 Å². The predicted octanol–water partition coefficient (Wildman–Crippen LogP) is 5.90. The number of esters is 2. The standard InChI is InChI=1S/C24H30O5/c1-3-4-5-6-7-8-9-18(2)23(26)28-21-14-16-22(17-15-21)29-24(27)19-10-12-20(25)13-11-19/h10-18,25H,3-9H2,1-2H3/t18-/m0/s1. The average Bonchev–Trinajstić information content (AvgIpc) is 2.72. The van der Waals surface area contributed by atoms with Crippen molar-refractivity contribution in [3.63, 3.8) is 0 Å². The fourth-order valence-electron chi connectivity index (χ4n) is 2.90. The zero-order chi connectivity index (χ0) is 21.1. The number of ether oxygens (including phenoxy) is 2. The summed E-state index contributed by atoms with van der Waals surface area (Å²) < 4.78 is 10.7. The van der Waals surface area contributed by atoms with Gasteiger partial charge in [-0.15, -0.1) is 0 Å². The Hall–Kier alpha value is -2.82. The molecule has 2 aromatic rings. The highest BCUT2D eigenvalue weighted by Gasteiger charge is 2.15. The molecule has 29 heavy (non-hydrogen) atoms. The summed E-state index contributed by atoms with van der Waals surface area (Å²) in [6, 6.07) is 12.2. The third kappa shape index (κ3) is 7.98. The summed E-state index contributed by atoms with van der Waals surface area (Å²) in [6.45, 7) is 4.09. The zero-order valence-electron chi connectivity index (χ0n) is 17.2. The topological polar surface area (TPSA) is 72.8 Å². The zero-order valence-corrected chi connectivity index (χ0v) is 17.2. The third-order valence-corrected chi connectivity index (χ3v) is 4.75. The molecule has 1 atom stereocenters. The first-order chi connectivity index (χ1) is 14.0. The highest BCUT2D eigenvalue weighted by atomic mass is 16.5. The molecular formula is C24H30O5. The van der Waals surface area contributed by atoms with E-state index in [0.717, 1.165) is 19.3 Å². The molecule has 0 fully saturated rings. The molecule has 2 aromatic carbocycles. The maximum absolute atomic E-state index is 12.2. The van der Waals surface area contributed by atoms with Crippen LogP contribution in [0.2, 0.25) is 0 Å². The molecule has 0 saturated heterocycles. The van der Waals surface area contributed by atoms with E-state index in [4.69, 9.17) is 9.47 Å². The minimum Gasteiger partial charge on any atom is -0.508 e. The average molecular weight is 398 g/mol. The Morgan fingerprint density at radius 1 is 0.828 bits per heavy atom. The van der Waals surface area contributed by atoms with Gasteiger partial charge in [-0.2, -0.15) is 0 Å². The van der Waals surface area contributed by atoms with Crippen LogP contribution < -0.4 is 9.47 Å². The van der Waals surface area contributed by atoms with Crippen molar-refractivity contribution >= 4 is 11.9 Å². The number of benzene rings is 2. The van der Waals surface area contributed by atoms with Crippen LogP contribution in [0.25, 0.3) is 0 Å². The number of unbranched alkanes of at least 4 members (excludes halogenated alkanes) is 5. The Labute approximate surface area is 172 Å². The number of hydrogen-bond donors (Lipinski definition) is 1. The fourth-order valence-corrected chi connectivity index (χ4v) is 2.90. The SMILES string of the molecule is CCCCCCCC[C@H](C)C(=O)Oc1ccc(OC(=O)c2ccc(O)cc2)cc1. The lowest BCUT2D eigenvalue weighted by molar-refractivity contribution is -0.138. The third-order valence-electron chi connectivity index (χ3n) is 4.75. The molecule has 0 aromatic heterocycles. The van der Waals surface area contributed by atoms with Gasteiger partial charge in [0.05, 0.1) is 11.5 Å². The van der Waals surface area contributed by atoms with Crippen molar-refractivity contribution in [2.75, 3.05) is 0 Å². The van der Waals surface area contributed by atoms with Crippen molar-refractivity contribution in [1.29, 1.82) is 0 Å². The highest BCUT2D eigenvalue weighted by Crippen LogP contribution is 2.21. The van der Waals surface area contributed by atoms with Gasteiger partial charge in [0, 0.05) is 0 Å². The Morgan fingerprint density at radius 3 is 2.00 bits per heavy atom. The molecular weight excluding hydrogens is 368 g/mol. The minimum atomic E-state index is -0.526. The van der Waals surface area contributed by atoms with Crippen molar-refractivity contribution in [3.8, 4) is 17.2 Å². The molecule has 5 heteroatoms. The van der Waals surface area contributed by atoms with Crippen LogP contribution in [-0.4, -0.2) is 17.0 Å². The van der Waals surface area contributed by atoms with Crippen LogP contribution in [0.1, 0.15) is 69.2 Å². The van der Waals surface area contributed by atoms with E-state index in [2.05, 4.69) is 6.92 Å². The highest BCUT2D eigenvalue weighted by molar-refractivity contribution is 5.91. The molecule has 1 N–H and O–H groups in total. The normalized spacial score (nSPS) is 11.7. The van der Waals surface area contributed by atoms with Crippen molar-refractivity contribution < 1.29 is 24.2 Å². The molecule has 0 aliphatic heterocycles. The second kappa shape index (κ2) is 11.9. The summed E-state index contributed by atoms with van der Waals surface area (Å²) in [5.74, 6) is -0.0569. The number of aromatic hydroxyl groups is 1. The molecule has 0 saturated carbocycles. The second-order valence-electron chi connectivity index (χ2n) is 7.29. The van der Waals surface area contributed by atoms with Gasteiger partial charge in [-0.1, -0.05) is 52.4 Å². The van der Waals surface area contributed by atoms with Gasteiger partial charge in [0.2, 0.25) is 0 Å². The van der Waals surface area contributed by atoms with Gasteiger partial charge in [0.25, 0.3) is 0 Å². The van der Waals surface area contributed by atoms with Crippen LogP contribution in [0.5, 0.6) is 17.2 Å². The van der Waals surface area contributed by atoms with E-state index in [1.54, 1.807) is 24.3 Å². The number of phenols is 1. The molecule has 156 valence electrons. The Morgan fingerprint density at radius 2 is 1.38 bits per heavy atom. The molecule has 0 aliphatic rings. The Kier molecular flexibility index (Phi) is 9.22. The lowest BCUT2D eigenvalue weighted by atomic mass is 10.0. The monoisotopic (exact) mass is 398 g/mol. The van der Waals surface area contributed by atoms with Crippen molar-refractivity contribution in [2.24, 2.45) is 5.92 Å². The van der Waals surface area contributed by atoms with E-state index in [1.165, 1.54) is 49.9 Å². The van der Waals surface area contributed by atoms with Crippen LogP contribution >= 0.6 is 0 Å². The molecule has 0 aliphatic carbocycles. The smallest absolute Gasteiger partial charge is 0.343 e. The summed E-state index contributed by atoms with van der Waals surface area (Å²) in [5, 5.41) is 9.27. The maximum atomic E-state index is 12.2. The van der Waals surface area contributed by atoms with E-state index in [9.17, 15) is 14.7 Å². The van der Waals surface area contributed by atoms with Gasteiger partial charge < -0.3 is 14.6 Å². The van der Waals surface area contributed by atoms with Crippen molar-refractivity contribution in [3.05, 3.63) is 54.1 Å². The quantitative estimate of drug-likeness (QED) is 0.290. The number of phenolic OH excluding ortho intramolecular Hbond substituents is 1. The molecule has 0 amide bonds. The maximum Gasteiger partial charge on any atom is 0.343 e. The van der Waals surface area contributed by atoms with Gasteiger partial charge in [0.1, 0.15) is 17.2 Å². The van der Waals surface area contributed by atoms with Crippen LogP contribution in [0, 0.1) is 5.92 Å². The summed E-state index contributed by atoms with van der Waals surface area (Å²) >= 11 is 0. The van der Waals surface area contributed by atoms with E-state index < -0.39 is 5.97 Å². The van der Waals surface area contributed by atoms with Gasteiger partial charge in [-0.3, -0.25) is 4.79 Å². The van der Waals surface area contributed by atoms with Crippen LogP contribution in [-0.2, 0) is 4.79 Å². The fraction of sp³-hybridized carbons (Fsp3) is 0.417. The van der Waals surface area contributed by atoms with Gasteiger partial charge >= 0.3 is 11.9 Å². The number of carbonyl (C=O) groups is 2. The Balaban J connectivity index is 1.76.